The quantitative estimate of drug-likeness (QED) is 0.779. The van der Waals surface area contributed by atoms with Crippen molar-refractivity contribution in [3.63, 3.8) is 0 Å². The number of aromatic amines is 1. The molecule has 1 N–H and O–H groups in total. The van der Waals surface area contributed by atoms with Gasteiger partial charge in [0, 0.05) is 39.7 Å². The Kier molecular flexibility index (Phi) is 3.81. The summed E-state index contributed by atoms with van der Waals surface area (Å²) in [5.74, 6) is -0.445. The topological polar surface area (TPSA) is 53.4 Å². The number of hydrogen-bond donors (Lipinski definition) is 1. The molecular formula is C22H23FN4. The van der Waals surface area contributed by atoms with Crippen LogP contribution in [0.15, 0.2) is 28.3 Å². The molecule has 2 aromatic rings. The second-order valence-electron chi connectivity index (χ2n) is 8.20. The van der Waals surface area contributed by atoms with Crippen LogP contribution in [0.3, 0.4) is 0 Å². The number of aromatic nitrogens is 2. The molecule has 4 heterocycles. The van der Waals surface area contributed by atoms with E-state index >= 15 is 0 Å². The number of rotatable bonds is 1. The van der Waals surface area contributed by atoms with E-state index in [0.29, 0.717) is 5.56 Å². The maximum Gasteiger partial charge on any atom is 0.215 e. The molecule has 0 atom stereocenters. The maximum atomic E-state index is 13.6. The molecule has 0 aromatic carbocycles. The first-order valence-corrected chi connectivity index (χ1v) is 9.08. The minimum atomic E-state index is -0.467. The van der Waals surface area contributed by atoms with Crippen LogP contribution in [0.5, 0.6) is 0 Å². The number of H-pyrrole nitrogens is 1. The van der Waals surface area contributed by atoms with Gasteiger partial charge >= 0.3 is 0 Å². The standard InChI is InChI=1S/C22H23FN4/c1-13-10-14(12-24-20(13)23)17-7-6-15-16-11-21(2,3)25-9-8-18(16)26-19(15)22(4,5)27-17/h6-12,26H,1-5H3. The molecular weight excluding hydrogens is 339 g/mol. The summed E-state index contributed by atoms with van der Waals surface area (Å²) in [5, 5.41) is 2.19. The fourth-order valence-electron chi connectivity index (χ4n) is 3.60. The highest BCUT2D eigenvalue weighted by molar-refractivity contribution is 6.11. The lowest BCUT2D eigenvalue weighted by Crippen LogP contribution is -2.27. The number of hydrogen-bond acceptors (Lipinski definition) is 3. The molecule has 0 spiro atoms. The molecule has 138 valence electrons. The maximum absolute atomic E-state index is 13.6. The molecule has 4 rings (SSSR count). The minimum absolute atomic E-state index is 0.274. The van der Waals surface area contributed by atoms with Crippen molar-refractivity contribution in [2.75, 3.05) is 0 Å². The van der Waals surface area contributed by atoms with Gasteiger partial charge in [-0.25, -0.2) is 4.98 Å². The van der Waals surface area contributed by atoms with Gasteiger partial charge in [-0.05, 0) is 58.9 Å². The molecule has 0 amide bonds. The number of nitrogens with zero attached hydrogens (tertiary/aromatic N) is 3. The van der Waals surface area contributed by atoms with Crippen molar-refractivity contribution >= 4 is 30.2 Å². The van der Waals surface area contributed by atoms with Crippen LogP contribution in [-0.2, 0) is 5.54 Å². The van der Waals surface area contributed by atoms with Crippen molar-refractivity contribution < 1.29 is 4.39 Å². The second-order valence-corrected chi connectivity index (χ2v) is 8.20. The second kappa shape index (κ2) is 5.84. The smallest absolute Gasteiger partial charge is 0.215 e. The van der Waals surface area contributed by atoms with Gasteiger partial charge in [0.05, 0.1) is 22.5 Å². The summed E-state index contributed by atoms with van der Waals surface area (Å²) >= 11 is 0. The van der Waals surface area contributed by atoms with E-state index in [1.54, 1.807) is 19.2 Å². The van der Waals surface area contributed by atoms with Crippen molar-refractivity contribution in [1.29, 1.82) is 0 Å². The van der Waals surface area contributed by atoms with Gasteiger partial charge in [-0.15, -0.1) is 0 Å². The van der Waals surface area contributed by atoms with Crippen molar-refractivity contribution in [2.24, 2.45) is 9.98 Å². The number of aliphatic imine (C=N–C) groups is 2. The third-order valence-electron chi connectivity index (χ3n) is 4.99. The van der Waals surface area contributed by atoms with Crippen LogP contribution in [0.4, 0.5) is 4.39 Å². The van der Waals surface area contributed by atoms with E-state index in [2.05, 4.69) is 54.8 Å². The van der Waals surface area contributed by atoms with E-state index in [1.807, 2.05) is 18.4 Å². The summed E-state index contributed by atoms with van der Waals surface area (Å²) < 4.78 is 13.6. The van der Waals surface area contributed by atoms with Gasteiger partial charge in [0.25, 0.3) is 0 Å². The molecule has 0 fully saturated rings. The Labute approximate surface area is 158 Å². The predicted molar refractivity (Wildman–Crippen MR) is 109 cm³/mol. The van der Waals surface area contributed by atoms with E-state index in [1.165, 1.54) is 0 Å². The third kappa shape index (κ3) is 3.07. The van der Waals surface area contributed by atoms with Crippen LogP contribution in [0.2, 0.25) is 0 Å². The van der Waals surface area contributed by atoms with Gasteiger partial charge in [-0.3, -0.25) is 9.98 Å². The largest absolute Gasteiger partial charge is 0.356 e. The normalized spacial score (nSPS) is 19.1. The Morgan fingerprint density at radius 1 is 1.11 bits per heavy atom. The molecule has 4 nitrogen and oxygen atoms in total. The Hall–Kier alpha value is -2.82. The highest BCUT2D eigenvalue weighted by Gasteiger charge is 2.28. The Morgan fingerprint density at radius 2 is 1.89 bits per heavy atom. The van der Waals surface area contributed by atoms with Crippen LogP contribution in [0, 0.1) is 12.9 Å². The molecule has 5 heteroatoms. The summed E-state index contributed by atoms with van der Waals surface area (Å²) in [7, 11) is 0. The van der Waals surface area contributed by atoms with E-state index < -0.39 is 11.5 Å². The molecule has 0 unspecified atom stereocenters. The number of nitrogens with one attached hydrogen (secondary N) is 1. The monoisotopic (exact) mass is 362 g/mol. The van der Waals surface area contributed by atoms with Crippen LogP contribution in [0.25, 0.3) is 18.2 Å². The number of halogens is 1. The first-order valence-electron chi connectivity index (χ1n) is 9.08. The van der Waals surface area contributed by atoms with E-state index in [9.17, 15) is 4.39 Å². The van der Waals surface area contributed by atoms with Crippen molar-refractivity contribution in [1.82, 2.24) is 9.97 Å². The highest BCUT2D eigenvalue weighted by Crippen LogP contribution is 2.29. The fraction of sp³-hybridized carbons (Fsp3) is 0.318. The van der Waals surface area contributed by atoms with Gasteiger partial charge in [-0.2, -0.15) is 4.39 Å². The Morgan fingerprint density at radius 3 is 2.63 bits per heavy atom. The van der Waals surface area contributed by atoms with Crippen molar-refractivity contribution in [3.8, 4) is 0 Å². The zero-order valence-electron chi connectivity index (χ0n) is 16.3. The summed E-state index contributed by atoms with van der Waals surface area (Å²) in [6.45, 7) is 10.1. The van der Waals surface area contributed by atoms with Gasteiger partial charge in [0.1, 0.15) is 0 Å². The fourth-order valence-corrected chi connectivity index (χ4v) is 3.60. The molecule has 0 bridgehead atoms. The summed E-state index contributed by atoms with van der Waals surface area (Å²) in [5.41, 5.74) is 3.56. The molecule has 0 saturated heterocycles. The van der Waals surface area contributed by atoms with Gasteiger partial charge in [0.15, 0.2) is 0 Å². The van der Waals surface area contributed by atoms with Gasteiger partial charge < -0.3 is 4.98 Å². The molecule has 27 heavy (non-hydrogen) atoms. The van der Waals surface area contributed by atoms with Gasteiger partial charge in [0.2, 0.25) is 5.95 Å². The first-order chi connectivity index (χ1) is 12.7. The number of aryl methyl sites for hydroxylation is 1. The molecule has 2 aromatic heterocycles. The van der Waals surface area contributed by atoms with E-state index in [4.69, 9.17) is 4.99 Å². The SMILES string of the molecule is Cc1cc(C2=NC(C)(C)c3[nH]c4c(c3C=C2)=CC(C)(C)N=CC=4)cnc1F. The minimum Gasteiger partial charge on any atom is -0.356 e. The lowest BCUT2D eigenvalue weighted by molar-refractivity contribution is 0.542. The predicted octanol–water partition coefficient (Wildman–Crippen LogP) is 3.03. The number of pyridine rings is 1. The lowest BCUT2D eigenvalue weighted by atomic mass is 9.96. The summed E-state index contributed by atoms with van der Waals surface area (Å²) in [6.07, 6.45) is 11.7. The Balaban J connectivity index is 1.92. The molecule has 2 aliphatic rings. The number of fused-ring (bicyclic) bond motifs is 3. The number of allylic oxidation sites excluding steroid dienone is 1. The van der Waals surface area contributed by atoms with Crippen LogP contribution >= 0.6 is 0 Å². The Bertz CT molecular complexity index is 1140. The molecule has 0 radical (unpaired) electrons. The first kappa shape index (κ1) is 17.6. The zero-order chi connectivity index (χ0) is 19.4. The zero-order valence-corrected chi connectivity index (χ0v) is 16.3. The van der Waals surface area contributed by atoms with Crippen LogP contribution in [-0.4, -0.2) is 27.4 Å². The average Bonchev–Trinajstić information content (AvgIpc) is 2.74. The third-order valence-corrected chi connectivity index (χ3v) is 4.99. The average molecular weight is 362 g/mol. The van der Waals surface area contributed by atoms with E-state index in [0.717, 1.165) is 33.1 Å². The van der Waals surface area contributed by atoms with Gasteiger partial charge in [-0.1, -0.05) is 6.08 Å². The molecule has 0 saturated carbocycles. The molecule has 0 aliphatic carbocycles. The molecule has 2 aliphatic heterocycles. The van der Waals surface area contributed by atoms with Crippen molar-refractivity contribution in [3.05, 3.63) is 57.2 Å². The van der Waals surface area contributed by atoms with E-state index in [-0.39, 0.29) is 5.54 Å². The summed E-state index contributed by atoms with van der Waals surface area (Å²) in [4.78, 5) is 16.9. The summed E-state index contributed by atoms with van der Waals surface area (Å²) in [6, 6.07) is 1.79. The highest BCUT2D eigenvalue weighted by atomic mass is 19.1. The van der Waals surface area contributed by atoms with Crippen LogP contribution < -0.4 is 10.6 Å². The lowest BCUT2D eigenvalue weighted by Gasteiger charge is -2.20. The van der Waals surface area contributed by atoms with Crippen molar-refractivity contribution in [2.45, 2.75) is 45.7 Å². The van der Waals surface area contributed by atoms with Crippen LogP contribution in [0.1, 0.15) is 50.1 Å².